The van der Waals surface area contributed by atoms with Gasteiger partial charge in [0.1, 0.15) is 0 Å². The average molecular weight is 559 g/mol. The van der Waals surface area contributed by atoms with E-state index in [0.717, 1.165) is 39.0 Å². The maximum absolute atomic E-state index is 4.19. The molecular weight excluding hydrogens is 525 g/mol. The Labute approximate surface area is 253 Å². The number of thiophene rings is 1. The van der Waals surface area contributed by atoms with E-state index < -0.39 is 0 Å². The van der Waals surface area contributed by atoms with E-state index >= 15 is 0 Å². The average Bonchev–Trinajstić information content (AvgIpc) is 3.40. The third kappa shape index (κ3) is 6.02. The molecule has 4 aromatic carbocycles. The molecule has 5 rings (SSSR count). The summed E-state index contributed by atoms with van der Waals surface area (Å²) in [6.07, 6.45) is 16.0. The minimum absolute atomic E-state index is 1.03. The van der Waals surface area contributed by atoms with E-state index in [1.807, 2.05) is 41.7 Å². The number of allylic oxidation sites excluding steroid dienone is 12. The van der Waals surface area contributed by atoms with Crippen LogP contribution < -0.4 is 0 Å². The molecule has 0 radical (unpaired) electrons. The van der Waals surface area contributed by atoms with Crippen molar-refractivity contribution in [1.82, 2.24) is 0 Å². The molecule has 0 saturated heterocycles. The lowest BCUT2D eigenvalue weighted by Gasteiger charge is -2.11. The van der Waals surface area contributed by atoms with Gasteiger partial charge in [-0.3, -0.25) is 0 Å². The Morgan fingerprint density at radius 1 is 0.571 bits per heavy atom. The minimum atomic E-state index is 1.03. The molecule has 0 saturated carbocycles. The van der Waals surface area contributed by atoms with Crippen LogP contribution in [-0.4, -0.2) is 0 Å². The molecule has 0 aliphatic rings. The summed E-state index contributed by atoms with van der Waals surface area (Å²) < 4.78 is 2.56. The van der Waals surface area contributed by atoms with Crippen molar-refractivity contribution in [3.05, 3.63) is 194 Å². The van der Waals surface area contributed by atoms with E-state index in [-0.39, 0.29) is 0 Å². The topological polar surface area (TPSA) is 0 Å². The monoisotopic (exact) mass is 558 g/mol. The zero-order chi connectivity index (χ0) is 29.5. The Morgan fingerprint density at radius 2 is 1.14 bits per heavy atom. The Hall–Kier alpha value is -4.98. The second kappa shape index (κ2) is 13.1. The SMILES string of the molecule is C=C/C=C(\C=C(/C=C)c1cccc(C)c1)c1cccc(/C(C=C)=C/C(=C\C=C)c2cccc3c2sc2ccccc23)c1. The Kier molecular flexibility index (Phi) is 8.92. The van der Waals surface area contributed by atoms with Crippen LogP contribution in [0.3, 0.4) is 0 Å². The number of rotatable bonds is 10. The molecule has 0 spiro atoms. The van der Waals surface area contributed by atoms with Crippen LogP contribution in [0, 0.1) is 6.92 Å². The standard InChI is InChI=1S/C41H34S/c1-6-15-32(26-30(8-3)33-18-12-17-29(5)25-33)35-20-13-19-34(28-35)31(9-4)27-36(16-7-2)37-22-14-23-39-38-21-10-11-24-40(38)42-41(37)39/h6-28H,1-4H2,5H3/b30-26+,31-27+,32-15+,36-16+. The highest BCUT2D eigenvalue weighted by Gasteiger charge is 2.12. The van der Waals surface area contributed by atoms with Crippen molar-refractivity contribution in [3.63, 3.8) is 0 Å². The predicted octanol–water partition coefficient (Wildman–Crippen LogP) is 12.0. The minimum Gasteiger partial charge on any atom is -0.135 e. The molecule has 0 bridgehead atoms. The lowest BCUT2D eigenvalue weighted by atomic mass is 9.93. The molecule has 0 unspecified atom stereocenters. The van der Waals surface area contributed by atoms with Crippen LogP contribution in [0.1, 0.15) is 27.8 Å². The van der Waals surface area contributed by atoms with Gasteiger partial charge in [-0.05, 0) is 75.8 Å². The van der Waals surface area contributed by atoms with Gasteiger partial charge in [0.05, 0.1) is 0 Å². The van der Waals surface area contributed by atoms with E-state index in [0.29, 0.717) is 0 Å². The second-order valence-electron chi connectivity index (χ2n) is 10.1. The molecule has 42 heavy (non-hydrogen) atoms. The first kappa shape index (κ1) is 28.5. The van der Waals surface area contributed by atoms with Crippen molar-refractivity contribution < 1.29 is 0 Å². The van der Waals surface area contributed by atoms with Gasteiger partial charge in [-0.15, -0.1) is 11.3 Å². The molecule has 0 N–H and O–H groups in total. The fraction of sp³-hybridized carbons (Fsp3) is 0.0244. The van der Waals surface area contributed by atoms with Gasteiger partial charge >= 0.3 is 0 Å². The number of benzene rings is 4. The van der Waals surface area contributed by atoms with Gasteiger partial charge < -0.3 is 0 Å². The summed E-state index contributed by atoms with van der Waals surface area (Å²) in [7, 11) is 0. The largest absolute Gasteiger partial charge is 0.135 e. The molecule has 204 valence electrons. The van der Waals surface area contributed by atoms with Crippen molar-refractivity contribution >= 4 is 53.8 Å². The number of hydrogen-bond acceptors (Lipinski definition) is 1. The molecule has 0 aliphatic heterocycles. The highest BCUT2D eigenvalue weighted by Crippen LogP contribution is 2.39. The summed E-state index contributed by atoms with van der Waals surface area (Å²) in [5, 5.41) is 2.56. The zero-order valence-electron chi connectivity index (χ0n) is 24.0. The number of fused-ring (bicyclic) bond motifs is 3. The van der Waals surface area contributed by atoms with Crippen molar-refractivity contribution in [2.75, 3.05) is 0 Å². The molecule has 0 aliphatic carbocycles. The molecule has 0 fully saturated rings. The highest BCUT2D eigenvalue weighted by atomic mass is 32.1. The van der Waals surface area contributed by atoms with Crippen LogP contribution in [0.4, 0.5) is 0 Å². The predicted molar refractivity (Wildman–Crippen MR) is 190 cm³/mol. The van der Waals surface area contributed by atoms with Crippen molar-refractivity contribution in [2.45, 2.75) is 6.92 Å². The first-order valence-corrected chi connectivity index (χ1v) is 14.8. The zero-order valence-corrected chi connectivity index (χ0v) is 24.8. The van der Waals surface area contributed by atoms with Gasteiger partial charge in [0, 0.05) is 20.2 Å². The molecule has 0 atom stereocenters. The molecule has 0 amide bonds. The van der Waals surface area contributed by atoms with Gasteiger partial charge in [0.2, 0.25) is 0 Å². The van der Waals surface area contributed by atoms with Crippen LogP contribution in [0.5, 0.6) is 0 Å². The van der Waals surface area contributed by atoms with Gasteiger partial charge in [0.25, 0.3) is 0 Å². The van der Waals surface area contributed by atoms with Crippen molar-refractivity contribution in [2.24, 2.45) is 0 Å². The van der Waals surface area contributed by atoms with E-state index in [2.05, 4.69) is 142 Å². The van der Waals surface area contributed by atoms with Crippen LogP contribution in [-0.2, 0) is 0 Å². The highest BCUT2D eigenvalue weighted by molar-refractivity contribution is 7.26. The van der Waals surface area contributed by atoms with Gasteiger partial charge in [0.15, 0.2) is 0 Å². The molecule has 5 aromatic rings. The maximum Gasteiger partial charge on any atom is 0.0433 e. The van der Waals surface area contributed by atoms with Crippen molar-refractivity contribution in [3.8, 4) is 0 Å². The summed E-state index contributed by atoms with van der Waals surface area (Å²) >= 11 is 1.83. The van der Waals surface area contributed by atoms with Gasteiger partial charge in [-0.1, -0.05) is 147 Å². The first-order valence-electron chi connectivity index (χ1n) is 14.0. The van der Waals surface area contributed by atoms with E-state index in [9.17, 15) is 0 Å². The van der Waals surface area contributed by atoms with Gasteiger partial charge in [-0.25, -0.2) is 0 Å². The van der Waals surface area contributed by atoms with Crippen LogP contribution >= 0.6 is 11.3 Å². The van der Waals surface area contributed by atoms with Crippen LogP contribution in [0.25, 0.3) is 42.5 Å². The quantitative estimate of drug-likeness (QED) is 0.150. The van der Waals surface area contributed by atoms with Gasteiger partial charge in [-0.2, -0.15) is 0 Å². The second-order valence-corrected chi connectivity index (χ2v) is 11.1. The van der Waals surface area contributed by atoms with E-state index in [1.54, 1.807) is 0 Å². The van der Waals surface area contributed by atoms with E-state index in [4.69, 9.17) is 0 Å². The van der Waals surface area contributed by atoms with Crippen LogP contribution in [0.15, 0.2) is 166 Å². The smallest absolute Gasteiger partial charge is 0.0433 e. The summed E-state index contributed by atoms with van der Waals surface area (Å²) in [6, 6.07) is 32.2. The van der Waals surface area contributed by atoms with E-state index in [1.165, 1.54) is 31.3 Å². The molecule has 0 nitrogen and oxygen atoms in total. The third-order valence-corrected chi connectivity index (χ3v) is 8.47. The Balaban J connectivity index is 1.59. The third-order valence-electron chi connectivity index (χ3n) is 7.25. The summed E-state index contributed by atoms with van der Waals surface area (Å²) in [5.41, 5.74) is 9.96. The lowest BCUT2D eigenvalue weighted by Crippen LogP contribution is -1.90. The lowest BCUT2D eigenvalue weighted by molar-refractivity contribution is 1.45. The number of hydrogen-bond donors (Lipinski definition) is 0. The summed E-state index contributed by atoms with van der Waals surface area (Å²) in [4.78, 5) is 0. The normalized spacial score (nSPS) is 12.9. The summed E-state index contributed by atoms with van der Waals surface area (Å²) in [5.74, 6) is 0. The van der Waals surface area contributed by atoms with Crippen molar-refractivity contribution in [1.29, 1.82) is 0 Å². The fourth-order valence-corrected chi connectivity index (χ4v) is 6.47. The molecule has 1 aromatic heterocycles. The molecular formula is C41H34S. The Morgan fingerprint density at radius 3 is 1.83 bits per heavy atom. The fourth-order valence-electron chi connectivity index (χ4n) is 5.23. The number of aryl methyl sites for hydroxylation is 1. The summed E-state index contributed by atoms with van der Waals surface area (Å²) in [6.45, 7) is 18.4. The molecule has 1 heteroatoms. The van der Waals surface area contributed by atoms with Crippen LogP contribution in [0.2, 0.25) is 0 Å². The molecule has 1 heterocycles. The Bertz CT molecular complexity index is 1950. The maximum atomic E-state index is 4.19. The first-order chi connectivity index (χ1) is 20.6.